The third kappa shape index (κ3) is 3.61. The first kappa shape index (κ1) is 18.4. The number of amides is 1. The van der Waals surface area contributed by atoms with Crippen LogP contribution in [0.15, 0.2) is 47.3 Å². The Morgan fingerprint density at radius 3 is 2.63 bits per heavy atom. The summed E-state index contributed by atoms with van der Waals surface area (Å²) in [5.74, 6) is -1.51. The van der Waals surface area contributed by atoms with Gasteiger partial charge in [-0.2, -0.15) is 0 Å². The summed E-state index contributed by atoms with van der Waals surface area (Å²) >= 11 is 0.874. The van der Waals surface area contributed by atoms with Crippen LogP contribution in [-0.4, -0.2) is 35.7 Å². The van der Waals surface area contributed by atoms with Crippen molar-refractivity contribution < 1.29 is 24.5 Å². The number of aliphatic carboxylic acids is 1. The van der Waals surface area contributed by atoms with Gasteiger partial charge in [0.1, 0.15) is 17.9 Å². The Morgan fingerprint density at radius 1 is 1.19 bits per heavy atom. The summed E-state index contributed by atoms with van der Waals surface area (Å²) in [5, 5.41) is 20.7. The van der Waals surface area contributed by atoms with Crippen LogP contribution in [0.2, 0.25) is 0 Å². The summed E-state index contributed by atoms with van der Waals surface area (Å²) in [6.45, 7) is -0.646. The van der Waals surface area contributed by atoms with Crippen LogP contribution < -0.4 is 15.5 Å². The predicted molar refractivity (Wildman–Crippen MR) is 102 cm³/mol. The molecule has 0 fully saturated rings. The van der Waals surface area contributed by atoms with Crippen LogP contribution >= 0.6 is 11.3 Å². The molecule has 0 saturated heterocycles. The number of para-hydroxylation sites is 1. The van der Waals surface area contributed by atoms with Crippen LogP contribution in [0, 0.1) is 0 Å². The van der Waals surface area contributed by atoms with Crippen LogP contribution in [0.1, 0.15) is 10.4 Å². The molecule has 0 aliphatic heterocycles. The minimum absolute atomic E-state index is 0.261. The van der Waals surface area contributed by atoms with E-state index in [1.807, 2.05) is 24.3 Å². The summed E-state index contributed by atoms with van der Waals surface area (Å²) < 4.78 is 5.84. The second-order valence-corrected chi connectivity index (χ2v) is 6.63. The zero-order valence-electron chi connectivity index (χ0n) is 14.2. The fourth-order valence-corrected chi connectivity index (χ4v) is 3.63. The fourth-order valence-electron chi connectivity index (χ4n) is 2.68. The Kier molecular flexibility index (Phi) is 5.09. The molecule has 0 unspecified atom stereocenters. The Balaban J connectivity index is 2.10. The van der Waals surface area contributed by atoms with Gasteiger partial charge in [0.2, 0.25) is 5.43 Å². The molecule has 7 nitrogen and oxygen atoms in total. The maximum Gasteiger partial charge on any atom is 0.322 e. The van der Waals surface area contributed by atoms with Crippen LogP contribution in [0.4, 0.5) is 0 Å². The third-order valence-electron chi connectivity index (χ3n) is 3.92. The second-order valence-electron chi connectivity index (χ2n) is 5.60. The molecule has 138 valence electrons. The van der Waals surface area contributed by atoms with Crippen molar-refractivity contribution in [1.82, 2.24) is 5.32 Å². The number of ether oxygens (including phenoxy) is 1. The van der Waals surface area contributed by atoms with Crippen molar-refractivity contribution in [3.63, 3.8) is 0 Å². The first-order valence-corrected chi connectivity index (χ1v) is 8.67. The molecule has 27 heavy (non-hydrogen) atoms. The van der Waals surface area contributed by atoms with Gasteiger partial charge in [-0.25, -0.2) is 0 Å². The Labute approximate surface area is 157 Å². The molecule has 1 amide bonds. The minimum atomic E-state index is -1.25. The molecule has 0 spiro atoms. The van der Waals surface area contributed by atoms with Crippen molar-refractivity contribution in [2.24, 2.45) is 0 Å². The average Bonchev–Trinajstić information content (AvgIpc) is 2.65. The number of hydrogen-bond donors (Lipinski definition) is 3. The largest absolute Gasteiger partial charge is 0.499 e. The number of benzene rings is 2. The SMILES string of the molecule is COc1ccccc1-c1ccc2c(=O)c(C(=O)NCC(=O)O)c(O)sc2c1. The van der Waals surface area contributed by atoms with E-state index in [2.05, 4.69) is 5.32 Å². The number of carbonyl (C=O) groups excluding carboxylic acids is 1. The lowest BCUT2D eigenvalue weighted by atomic mass is 10.0. The van der Waals surface area contributed by atoms with E-state index < -0.39 is 34.5 Å². The molecule has 1 aromatic heterocycles. The van der Waals surface area contributed by atoms with Gasteiger partial charge < -0.3 is 20.3 Å². The molecule has 3 rings (SSSR count). The summed E-state index contributed by atoms with van der Waals surface area (Å²) in [4.78, 5) is 35.3. The van der Waals surface area contributed by atoms with Gasteiger partial charge >= 0.3 is 5.97 Å². The minimum Gasteiger partial charge on any atom is -0.499 e. The lowest BCUT2D eigenvalue weighted by Crippen LogP contribution is -2.32. The van der Waals surface area contributed by atoms with Gasteiger partial charge in [0, 0.05) is 15.6 Å². The molecule has 0 bridgehead atoms. The number of carboxylic acid groups (broad SMARTS) is 1. The molecule has 0 saturated carbocycles. The maximum absolute atomic E-state index is 12.6. The highest BCUT2D eigenvalue weighted by molar-refractivity contribution is 7.20. The molecule has 0 radical (unpaired) electrons. The van der Waals surface area contributed by atoms with Gasteiger partial charge in [-0.15, -0.1) is 0 Å². The molecule has 2 aromatic carbocycles. The number of aromatic hydroxyl groups is 1. The maximum atomic E-state index is 12.6. The van der Waals surface area contributed by atoms with E-state index in [1.54, 1.807) is 25.3 Å². The van der Waals surface area contributed by atoms with Gasteiger partial charge in [-0.05, 0) is 23.8 Å². The summed E-state index contributed by atoms with van der Waals surface area (Å²) in [7, 11) is 1.56. The molecule has 0 aliphatic carbocycles. The zero-order valence-corrected chi connectivity index (χ0v) is 15.0. The summed E-state index contributed by atoms with van der Waals surface area (Å²) in [6.07, 6.45) is 0. The molecule has 3 N–H and O–H groups in total. The standard InChI is InChI=1S/C19H15NO6S/c1-26-13-5-3-2-4-11(13)10-6-7-12-14(8-10)27-19(25)16(17(12)23)18(24)20-9-15(21)22/h2-8,25H,9H2,1H3,(H,20,24)(H,21,22). The van der Waals surface area contributed by atoms with E-state index in [0.717, 1.165) is 22.5 Å². The molecule has 0 atom stereocenters. The van der Waals surface area contributed by atoms with E-state index in [-0.39, 0.29) is 5.39 Å². The summed E-state index contributed by atoms with van der Waals surface area (Å²) in [6, 6.07) is 12.4. The molecular formula is C19H15NO6S. The first-order valence-electron chi connectivity index (χ1n) is 7.85. The highest BCUT2D eigenvalue weighted by atomic mass is 32.1. The highest BCUT2D eigenvalue weighted by Gasteiger charge is 2.20. The van der Waals surface area contributed by atoms with Gasteiger partial charge in [0.05, 0.1) is 7.11 Å². The van der Waals surface area contributed by atoms with Gasteiger partial charge in [0.15, 0.2) is 5.06 Å². The van der Waals surface area contributed by atoms with Crippen molar-refractivity contribution >= 4 is 33.3 Å². The molecule has 1 heterocycles. The van der Waals surface area contributed by atoms with Crippen molar-refractivity contribution in [3.05, 3.63) is 58.3 Å². The third-order valence-corrected chi connectivity index (χ3v) is 4.87. The van der Waals surface area contributed by atoms with Crippen molar-refractivity contribution in [1.29, 1.82) is 0 Å². The number of fused-ring (bicyclic) bond motifs is 1. The highest BCUT2D eigenvalue weighted by Crippen LogP contribution is 2.34. The van der Waals surface area contributed by atoms with E-state index in [4.69, 9.17) is 9.84 Å². The van der Waals surface area contributed by atoms with Crippen molar-refractivity contribution in [2.75, 3.05) is 13.7 Å². The number of carbonyl (C=O) groups is 2. The molecule has 3 aromatic rings. The number of methoxy groups -OCH3 is 1. The zero-order chi connectivity index (χ0) is 19.6. The van der Waals surface area contributed by atoms with Crippen molar-refractivity contribution in [3.8, 4) is 21.9 Å². The topological polar surface area (TPSA) is 113 Å². The predicted octanol–water partition coefficient (Wildman–Crippen LogP) is 2.46. The Bertz CT molecular complexity index is 1110. The second kappa shape index (κ2) is 7.46. The number of rotatable bonds is 5. The quantitative estimate of drug-likeness (QED) is 0.622. The average molecular weight is 385 g/mol. The normalized spacial score (nSPS) is 10.6. The molecule has 8 heteroatoms. The number of hydrogen-bond acceptors (Lipinski definition) is 6. The monoisotopic (exact) mass is 385 g/mol. The van der Waals surface area contributed by atoms with E-state index >= 15 is 0 Å². The van der Waals surface area contributed by atoms with E-state index in [0.29, 0.717) is 10.4 Å². The van der Waals surface area contributed by atoms with Gasteiger partial charge in [-0.1, -0.05) is 35.6 Å². The van der Waals surface area contributed by atoms with Crippen LogP contribution in [-0.2, 0) is 4.79 Å². The van der Waals surface area contributed by atoms with Crippen LogP contribution in [0.25, 0.3) is 21.2 Å². The molecule has 0 aliphatic rings. The number of carboxylic acids is 1. The van der Waals surface area contributed by atoms with E-state index in [1.165, 1.54) is 0 Å². The van der Waals surface area contributed by atoms with Crippen molar-refractivity contribution in [2.45, 2.75) is 0 Å². The fraction of sp³-hybridized carbons (Fsp3) is 0.105. The van der Waals surface area contributed by atoms with E-state index in [9.17, 15) is 19.5 Å². The lowest BCUT2D eigenvalue weighted by Gasteiger charge is -2.10. The Morgan fingerprint density at radius 2 is 1.93 bits per heavy atom. The Hall–Kier alpha value is -3.39. The number of nitrogens with one attached hydrogen (secondary N) is 1. The lowest BCUT2D eigenvalue weighted by molar-refractivity contribution is -0.135. The van der Waals surface area contributed by atoms with Gasteiger partial charge in [-0.3, -0.25) is 14.4 Å². The summed E-state index contributed by atoms with van der Waals surface area (Å²) in [5.41, 5.74) is 0.497. The molecular weight excluding hydrogens is 370 g/mol. The van der Waals surface area contributed by atoms with Crippen LogP contribution in [0.3, 0.4) is 0 Å². The van der Waals surface area contributed by atoms with Gasteiger partial charge in [0.25, 0.3) is 5.91 Å². The first-order chi connectivity index (χ1) is 12.9. The van der Waals surface area contributed by atoms with Crippen LogP contribution in [0.5, 0.6) is 10.8 Å². The smallest absolute Gasteiger partial charge is 0.322 e.